The van der Waals surface area contributed by atoms with E-state index < -0.39 is 5.91 Å². The monoisotopic (exact) mass is 456 g/mol. The molecule has 0 aliphatic heterocycles. The molecule has 3 N–H and O–H groups in total. The molecule has 0 saturated carbocycles. The van der Waals surface area contributed by atoms with Crippen molar-refractivity contribution in [1.82, 2.24) is 5.43 Å². The van der Waals surface area contributed by atoms with E-state index >= 15 is 0 Å². The lowest BCUT2D eigenvalue weighted by atomic mass is 10.1. The minimum absolute atomic E-state index is 0.00732. The van der Waals surface area contributed by atoms with Crippen molar-refractivity contribution in [2.24, 2.45) is 5.10 Å². The molecule has 0 unspecified atom stereocenters. The van der Waals surface area contributed by atoms with E-state index in [1.807, 2.05) is 0 Å². The van der Waals surface area contributed by atoms with Crippen LogP contribution in [0.3, 0.4) is 0 Å². The number of nitrogens with zero attached hydrogens (tertiary/aromatic N) is 1. The summed E-state index contributed by atoms with van der Waals surface area (Å²) in [6.07, 6.45) is 0. The molecule has 0 aliphatic rings. The lowest BCUT2D eigenvalue weighted by Gasteiger charge is -2.08. The molecule has 0 spiro atoms. The smallest absolute Gasteiger partial charge is 0.277 e. The van der Waals surface area contributed by atoms with Crippen LogP contribution in [0.1, 0.15) is 12.5 Å². The van der Waals surface area contributed by atoms with E-state index in [-0.39, 0.29) is 18.1 Å². The summed E-state index contributed by atoms with van der Waals surface area (Å²) in [5.74, 6) is 0.0222. The molecule has 0 bridgehead atoms. The molecule has 0 heterocycles. The molecule has 0 fully saturated rings. The van der Waals surface area contributed by atoms with Crippen LogP contribution in [0.2, 0.25) is 0 Å². The molecular formula is C16H14Br2N2O4. The number of carbonyl (C=O) groups is 1. The van der Waals surface area contributed by atoms with Crippen LogP contribution in [0, 0.1) is 0 Å². The van der Waals surface area contributed by atoms with E-state index in [1.165, 1.54) is 18.2 Å². The third-order valence-corrected chi connectivity index (χ3v) is 4.08. The zero-order chi connectivity index (χ0) is 17.7. The van der Waals surface area contributed by atoms with Gasteiger partial charge in [0.2, 0.25) is 0 Å². The number of nitrogens with one attached hydrogen (secondary N) is 1. The summed E-state index contributed by atoms with van der Waals surface area (Å²) in [5, 5.41) is 23.1. The first kappa shape index (κ1) is 18.3. The van der Waals surface area contributed by atoms with E-state index in [0.29, 0.717) is 21.5 Å². The topological polar surface area (TPSA) is 91.2 Å². The number of rotatable bonds is 5. The van der Waals surface area contributed by atoms with Gasteiger partial charge in [-0.15, -0.1) is 0 Å². The van der Waals surface area contributed by atoms with Gasteiger partial charge in [0.05, 0.1) is 10.2 Å². The van der Waals surface area contributed by atoms with Gasteiger partial charge in [-0.3, -0.25) is 4.79 Å². The van der Waals surface area contributed by atoms with Crippen molar-refractivity contribution in [2.45, 2.75) is 6.92 Å². The summed E-state index contributed by atoms with van der Waals surface area (Å²) in [7, 11) is 0. The summed E-state index contributed by atoms with van der Waals surface area (Å²) in [6.45, 7) is 1.38. The fraction of sp³-hybridized carbons (Fsp3) is 0.125. The molecule has 0 aliphatic carbocycles. The zero-order valence-corrected chi connectivity index (χ0v) is 15.8. The molecule has 0 radical (unpaired) electrons. The average molecular weight is 458 g/mol. The number of carbonyl (C=O) groups excluding carboxylic acids is 1. The van der Waals surface area contributed by atoms with Crippen molar-refractivity contribution < 1.29 is 19.7 Å². The maximum atomic E-state index is 11.8. The highest BCUT2D eigenvalue weighted by molar-refractivity contribution is 9.11. The Labute approximate surface area is 155 Å². The van der Waals surface area contributed by atoms with E-state index in [0.717, 1.165) is 4.47 Å². The Morgan fingerprint density at radius 2 is 1.96 bits per heavy atom. The second kappa shape index (κ2) is 8.16. The first-order chi connectivity index (χ1) is 11.4. The van der Waals surface area contributed by atoms with Gasteiger partial charge in [0.15, 0.2) is 6.61 Å². The van der Waals surface area contributed by atoms with E-state index in [2.05, 4.69) is 42.4 Å². The molecule has 6 nitrogen and oxygen atoms in total. The summed E-state index contributed by atoms with van der Waals surface area (Å²) >= 11 is 6.67. The summed E-state index contributed by atoms with van der Waals surface area (Å²) < 4.78 is 7.00. The second-order valence-corrected chi connectivity index (χ2v) is 6.57. The zero-order valence-electron chi connectivity index (χ0n) is 12.6. The number of halogens is 2. The van der Waals surface area contributed by atoms with Crippen molar-refractivity contribution in [3.8, 4) is 17.2 Å². The van der Waals surface area contributed by atoms with Gasteiger partial charge in [0, 0.05) is 10.0 Å². The van der Waals surface area contributed by atoms with Crippen molar-refractivity contribution in [3.63, 3.8) is 0 Å². The molecule has 2 aromatic carbocycles. The van der Waals surface area contributed by atoms with Gasteiger partial charge in [-0.25, -0.2) is 5.43 Å². The largest absolute Gasteiger partial charge is 0.508 e. The molecule has 2 aromatic rings. The number of hydrogen-bond acceptors (Lipinski definition) is 5. The van der Waals surface area contributed by atoms with E-state index in [4.69, 9.17) is 4.74 Å². The van der Waals surface area contributed by atoms with Gasteiger partial charge < -0.3 is 14.9 Å². The Hall–Kier alpha value is -2.06. The lowest BCUT2D eigenvalue weighted by molar-refractivity contribution is -0.123. The molecule has 0 atom stereocenters. The average Bonchev–Trinajstić information content (AvgIpc) is 2.54. The van der Waals surface area contributed by atoms with Gasteiger partial charge in [0.25, 0.3) is 5.91 Å². The molecule has 0 aromatic heterocycles. The van der Waals surface area contributed by atoms with Gasteiger partial charge >= 0.3 is 0 Å². The predicted octanol–water partition coefficient (Wildman–Crippen LogP) is 3.54. The van der Waals surface area contributed by atoms with Crippen LogP contribution < -0.4 is 10.2 Å². The highest BCUT2D eigenvalue weighted by Gasteiger charge is 2.08. The van der Waals surface area contributed by atoms with Crippen LogP contribution in [-0.4, -0.2) is 28.4 Å². The number of amides is 1. The normalized spacial score (nSPS) is 11.2. The molecule has 8 heteroatoms. The first-order valence-corrected chi connectivity index (χ1v) is 8.38. The number of hydrogen-bond donors (Lipinski definition) is 3. The van der Waals surface area contributed by atoms with Crippen LogP contribution in [0.5, 0.6) is 17.2 Å². The number of hydrazone groups is 1. The SMILES string of the molecule is C/C(=N/NC(=O)COc1ccc(Br)cc1Br)c1cc(O)ccc1O. The molecule has 1 amide bonds. The van der Waals surface area contributed by atoms with Crippen molar-refractivity contribution >= 4 is 43.5 Å². The highest BCUT2D eigenvalue weighted by atomic mass is 79.9. The number of aromatic hydroxyl groups is 2. The molecule has 126 valence electrons. The minimum atomic E-state index is -0.455. The van der Waals surface area contributed by atoms with Gasteiger partial charge in [-0.2, -0.15) is 5.10 Å². The summed E-state index contributed by atoms with van der Waals surface area (Å²) in [5.41, 5.74) is 3.01. The van der Waals surface area contributed by atoms with Gasteiger partial charge in [-0.1, -0.05) is 15.9 Å². The third-order valence-electron chi connectivity index (χ3n) is 2.97. The number of phenolic OH excluding ortho intramolecular Hbond substituents is 2. The van der Waals surface area contributed by atoms with Gasteiger partial charge in [-0.05, 0) is 59.3 Å². The van der Waals surface area contributed by atoms with Crippen LogP contribution in [-0.2, 0) is 4.79 Å². The number of ether oxygens (including phenoxy) is 1. The predicted molar refractivity (Wildman–Crippen MR) is 97.5 cm³/mol. The first-order valence-electron chi connectivity index (χ1n) is 6.80. The standard InChI is InChI=1S/C16H14Br2N2O4/c1-9(12-7-11(21)3-4-14(12)22)19-20-16(23)8-24-15-5-2-10(17)6-13(15)18/h2-7,21-22H,8H2,1H3,(H,20,23)/b19-9-. The van der Waals surface area contributed by atoms with Crippen molar-refractivity contribution in [3.05, 3.63) is 50.9 Å². The molecular weight excluding hydrogens is 444 g/mol. The Morgan fingerprint density at radius 1 is 1.21 bits per heavy atom. The Morgan fingerprint density at radius 3 is 2.67 bits per heavy atom. The van der Waals surface area contributed by atoms with Crippen molar-refractivity contribution in [1.29, 1.82) is 0 Å². The summed E-state index contributed by atoms with van der Waals surface area (Å²) in [6, 6.07) is 9.38. The highest BCUT2D eigenvalue weighted by Crippen LogP contribution is 2.28. The van der Waals surface area contributed by atoms with E-state index in [9.17, 15) is 15.0 Å². The van der Waals surface area contributed by atoms with Crippen LogP contribution in [0.15, 0.2) is 50.4 Å². The van der Waals surface area contributed by atoms with Gasteiger partial charge in [0.1, 0.15) is 17.2 Å². The Kier molecular flexibility index (Phi) is 6.22. The number of benzene rings is 2. The fourth-order valence-electron chi connectivity index (χ4n) is 1.79. The second-order valence-electron chi connectivity index (χ2n) is 4.80. The molecule has 2 rings (SSSR count). The molecule has 24 heavy (non-hydrogen) atoms. The number of phenols is 2. The van der Waals surface area contributed by atoms with Crippen LogP contribution in [0.25, 0.3) is 0 Å². The summed E-state index contributed by atoms with van der Waals surface area (Å²) in [4.78, 5) is 11.8. The maximum absolute atomic E-state index is 11.8. The fourth-order valence-corrected chi connectivity index (χ4v) is 2.95. The maximum Gasteiger partial charge on any atom is 0.277 e. The Bertz CT molecular complexity index is 794. The Balaban J connectivity index is 1.95. The third kappa shape index (κ3) is 4.97. The quantitative estimate of drug-likeness (QED) is 0.363. The lowest BCUT2D eigenvalue weighted by Crippen LogP contribution is -2.25. The molecule has 0 saturated heterocycles. The van der Waals surface area contributed by atoms with Crippen LogP contribution >= 0.6 is 31.9 Å². The van der Waals surface area contributed by atoms with E-state index in [1.54, 1.807) is 25.1 Å². The minimum Gasteiger partial charge on any atom is -0.508 e. The van der Waals surface area contributed by atoms with Crippen molar-refractivity contribution in [2.75, 3.05) is 6.61 Å². The van der Waals surface area contributed by atoms with Crippen LogP contribution in [0.4, 0.5) is 0 Å².